The van der Waals surface area contributed by atoms with E-state index in [4.69, 9.17) is 0 Å². The quantitative estimate of drug-likeness (QED) is 0.722. The van der Waals surface area contributed by atoms with Crippen molar-refractivity contribution in [3.05, 3.63) is 0 Å². The molecular formula is C17H35N3O. The third kappa shape index (κ3) is 6.79. The van der Waals surface area contributed by atoms with Crippen LogP contribution in [0.3, 0.4) is 0 Å². The van der Waals surface area contributed by atoms with Crippen molar-refractivity contribution < 1.29 is 4.79 Å². The van der Waals surface area contributed by atoms with Gasteiger partial charge in [-0.25, -0.2) is 0 Å². The summed E-state index contributed by atoms with van der Waals surface area (Å²) in [4.78, 5) is 14.3. The van der Waals surface area contributed by atoms with Crippen molar-refractivity contribution in [1.82, 2.24) is 15.5 Å². The minimum Gasteiger partial charge on any atom is -0.352 e. The van der Waals surface area contributed by atoms with Crippen molar-refractivity contribution in [3.8, 4) is 0 Å². The SMILES string of the molecule is CCCNC(C)C1CCN(CC(=O)NC(C)C(C)C)CC1. The summed E-state index contributed by atoms with van der Waals surface area (Å²) >= 11 is 0. The lowest BCUT2D eigenvalue weighted by atomic mass is 9.90. The first kappa shape index (κ1) is 18.4. The van der Waals surface area contributed by atoms with E-state index in [1.807, 2.05) is 0 Å². The van der Waals surface area contributed by atoms with Crippen molar-refractivity contribution in [2.24, 2.45) is 11.8 Å². The van der Waals surface area contributed by atoms with Gasteiger partial charge in [0.2, 0.25) is 5.91 Å². The molecule has 0 aliphatic carbocycles. The van der Waals surface area contributed by atoms with Crippen molar-refractivity contribution in [3.63, 3.8) is 0 Å². The van der Waals surface area contributed by atoms with Crippen LogP contribution < -0.4 is 10.6 Å². The highest BCUT2D eigenvalue weighted by Gasteiger charge is 2.24. The molecule has 2 N–H and O–H groups in total. The van der Waals surface area contributed by atoms with E-state index in [0.717, 1.165) is 25.6 Å². The van der Waals surface area contributed by atoms with E-state index in [0.29, 0.717) is 18.5 Å². The zero-order chi connectivity index (χ0) is 15.8. The fraction of sp³-hybridized carbons (Fsp3) is 0.941. The summed E-state index contributed by atoms with van der Waals surface area (Å²) in [5.41, 5.74) is 0. The normalized spacial score (nSPS) is 20.5. The molecule has 4 nitrogen and oxygen atoms in total. The van der Waals surface area contributed by atoms with Crippen LogP contribution in [0.4, 0.5) is 0 Å². The molecule has 4 heteroatoms. The van der Waals surface area contributed by atoms with Crippen LogP contribution in [-0.2, 0) is 4.79 Å². The molecule has 0 aromatic carbocycles. The van der Waals surface area contributed by atoms with Gasteiger partial charge in [-0.1, -0.05) is 20.8 Å². The molecule has 0 radical (unpaired) electrons. The summed E-state index contributed by atoms with van der Waals surface area (Å²) in [6.45, 7) is 14.6. The molecule has 1 amide bonds. The third-order valence-electron chi connectivity index (χ3n) is 4.81. The van der Waals surface area contributed by atoms with Crippen LogP contribution in [-0.4, -0.2) is 49.1 Å². The number of rotatable bonds is 8. The Kier molecular flexibility index (Phi) is 8.27. The first-order chi connectivity index (χ1) is 9.93. The average molecular weight is 297 g/mol. The van der Waals surface area contributed by atoms with E-state index in [9.17, 15) is 4.79 Å². The summed E-state index contributed by atoms with van der Waals surface area (Å²) < 4.78 is 0. The van der Waals surface area contributed by atoms with Gasteiger partial charge in [-0.15, -0.1) is 0 Å². The van der Waals surface area contributed by atoms with E-state index < -0.39 is 0 Å². The lowest BCUT2D eigenvalue weighted by Crippen LogP contribution is -2.47. The van der Waals surface area contributed by atoms with Crippen LogP contribution >= 0.6 is 0 Å². The van der Waals surface area contributed by atoms with Crippen LogP contribution in [0, 0.1) is 11.8 Å². The lowest BCUT2D eigenvalue weighted by molar-refractivity contribution is -0.123. The fourth-order valence-electron chi connectivity index (χ4n) is 2.82. The smallest absolute Gasteiger partial charge is 0.234 e. The first-order valence-corrected chi connectivity index (χ1v) is 8.69. The molecule has 0 aromatic heterocycles. The molecule has 0 aromatic rings. The van der Waals surface area contributed by atoms with Crippen LogP contribution in [0.5, 0.6) is 0 Å². The van der Waals surface area contributed by atoms with Gasteiger partial charge in [0.05, 0.1) is 6.54 Å². The van der Waals surface area contributed by atoms with Gasteiger partial charge in [-0.05, 0) is 64.6 Å². The summed E-state index contributed by atoms with van der Waals surface area (Å²) in [6.07, 6.45) is 3.59. The maximum Gasteiger partial charge on any atom is 0.234 e. The molecule has 124 valence electrons. The van der Waals surface area contributed by atoms with Crippen molar-refractivity contribution >= 4 is 5.91 Å². The van der Waals surface area contributed by atoms with Gasteiger partial charge >= 0.3 is 0 Å². The van der Waals surface area contributed by atoms with E-state index in [-0.39, 0.29) is 11.9 Å². The highest BCUT2D eigenvalue weighted by atomic mass is 16.2. The molecule has 1 rings (SSSR count). The van der Waals surface area contributed by atoms with Crippen molar-refractivity contribution in [1.29, 1.82) is 0 Å². The Morgan fingerprint density at radius 2 is 1.81 bits per heavy atom. The number of piperidine rings is 1. The minimum absolute atomic E-state index is 0.173. The predicted molar refractivity (Wildman–Crippen MR) is 89.4 cm³/mol. The zero-order valence-electron chi connectivity index (χ0n) is 14.6. The van der Waals surface area contributed by atoms with E-state index in [1.54, 1.807) is 0 Å². The highest BCUT2D eigenvalue weighted by Crippen LogP contribution is 2.20. The van der Waals surface area contributed by atoms with Gasteiger partial charge in [0.1, 0.15) is 0 Å². The molecule has 1 aliphatic rings. The zero-order valence-corrected chi connectivity index (χ0v) is 14.6. The first-order valence-electron chi connectivity index (χ1n) is 8.69. The number of nitrogens with one attached hydrogen (secondary N) is 2. The van der Waals surface area contributed by atoms with Crippen LogP contribution in [0.2, 0.25) is 0 Å². The number of hydrogen-bond acceptors (Lipinski definition) is 3. The Labute approximate surface area is 131 Å². The molecular weight excluding hydrogens is 262 g/mol. The fourth-order valence-corrected chi connectivity index (χ4v) is 2.82. The number of amides is 1. The Bertz CT molecular complexity index is 298. The van der Waals surface area contributed by atoms with E-state index in [1.165, 1.54) is 19.3 Å². The highest BCUT2D eigenvalue weighted by molar-refractivity contribution is 5.78. The molecule has 2 atom stereocenters. The summed E-state index contributed by atoms with van der Waals surface area (Å²) in [6, 6.07) is 0.857. The number of hydrogen-bond donors (Lipinski definition) is 2. The summed E-state index contributed by atoms with van der Waals surface area (Å²) in [7, 11) is 0. The van der Waals surface area contributed by atoms with Gasteiger partial charge in [0.25, 0.3) is 0 Å². The average Bonchev–Trinajstić information content (AvgIpc) is 2.45. The Balaban J connectivity index is 2.25. The molecule has 21 heavy (non-hydrogen) atoms. The van der Waals surface area contributed by atoms with Gasteiger partial charge in [0, 0.05) is 12.1 Å². The van der Waals surface area contributed by atoms with Gasteiger partial charge in [-0.2, -0.15) is 0 Å². The van der Waals surface area contributed by atoms with Crippen LogP contribution in [0.1, 0.15) is 53.9 Å². The summed E-state index contributed by atoms with van der Waals surface area (Å²) in [5, 5.41) is 6.69. The minimum atomic E-state index is 0.173. The van der Waals surface area contributed by atoms with Crippen LogP contribution in [0.25, 0.3) is 0 Å². The monoisotopic (exact) mass is 297 g/mol. The second kappa shape index (κ2) is 9.42. The molecule has 0 saturated carbocycles. The van der Waals surface area contributed by atoms with Crippen molar-refractivity contribution in [2.75, 3.05) is 26.2 Å². The van der Waals surface area contributed by atoms with E-state index >= 15 is 0 Å². The van der Waals surface area contributed by atoms with Crippen LogP contribution in [0.15, 0.2) is 0 Å². The van der Waals surface area contributed by atoms with Gasteiger partial charge in [-0.3, -0.25) is 9.69 Å². The lowest BCUT2D eigenvalue weighted by Gasteiger charge is -2.35. The maximum absolute atomic E-state index is 12.0. The largest absolute Gasteiger partial charge is 0.352 e. The molecule has 0 spiro atoms. The Hall–Kier alpha value is -0.610. The van der Waals surface area contributed by atoms with Gasteiger partial charge in [0.15, 0.2) is 0 Å². The molecule has 1 heterocycles. The summed E-state index contributed by atoms with van der Waals surface area (Å²) in [5.74, 6) is 1.42. The topological polar surface area (TPSA) is 44.4 Å². The number of carbonyl (C=O) groups is 1. The van der Waals surface area contributed by atoms with Crippen molar-refractivity contribution in [2.45, 2.75) is 66.0 Å². The second-order valence-corrected chi connectivity index (χ2v) is 6.96. The van der Waals surface area contributed by atoms with Gasteiger partial charge < -0.3 is 10.6 Å². The molecule has 1 saturated heterocycles. The molecule has 0 bridgehead atoms. The Morgan fingerprint density at radius 1 is 1.19 bits per heavy atom. The Morgan fingerprint density at radius 3 is 2.33 bits per heavy atom. The standard InChI is InChI=1S/C17H35N3O/c1-6-9-18-15(5)16-7-10-20(11-8-16)12-17(21)19-14(4)13(2)3/h13-16,18H,6-12H2,1-5H3,(H,19,21). The van der Waals surface area contributed by atoms with E-state index in [2.05, 4.69) is 50.2 Å². The second-order valence-electron chi connectivity index (χ2n) is 6.96. The third-order valence-corrected chi connectivity index (χ3v) is 4.81. The maximum atomic E-state index is 12.0. The number of nitrogens with zero attached hydrogens (tertiary/aromatic N) is 1. The predicted octanol–water partition coefficient (Wildman–Crippen LogP) is 2.25. The number of carbonyl (C=O) groups excluding carboxylic acids is 1. The molecule has 2 unspecified atom stereocenters. The number of likely N-dealkylation sites (tertiary alicyclic amines) is 1. The molecule has 1 fully saturated rings. The molecule has 1 aliphatic heterocycles.